The number of anilines is 1. The van der Waals surface area contributed by atoms with Gasteiger partial charge in [-0.15, -0.1) is 11.8 Å². The molecule has 1 aromatic heterocycles. The molecule has 30 heavy (non-hydrogen) atoms. The van der Waals surface area contributed by atoms with Crippen LogP contribution in [0.15, 0.2) is 86.9 Å². The van der Waals surface area contributed by atoms with Gasteiger partial charge >= 0.3 is 5.63 Å². The van der Waals surface area contributed by atoms with Crippen molar-refractivity contribution in [3.63, 3.8) is 0 Å². The molecule has 1 amide bonds. The zero-order valence-electron chi connectivity index (χ0n) is 16.2. The molecule has 0 atom stereocenters. The number of phenolic OH excluding ortho intramolecular Hbond substituents is 1. The Bertz CT molecular complexity index is 1300. The average molecular weight is 417 g/mol. The average Bonchev–Trinajstić information content (AvgIpc) is 2.72. The van der Waals surface area contributed by atoms with E-state index in [1.807, 2.05) is 49.4 Å². The minimum absolute atomic E-state index is 0.0531. The van der Waals surface area contributed by atoms with Crippen LogP contribution < -0.4 is 10.9 Å². The molecular formula is C24H19NO4S. The Kier molecular flexibility index (Phi) is 5.59. The second-order valence-corrected chi connectivity index (χ2v) is 7.97. The van der Waals surface area contributed by atoms with Crippen LogP contribution in [0.2, 0.25) is 0 Å². The molecule has 0 saturated carbocycles. The molecule has 0 aliphatic carbocycles. The van der Waals surface area contributed by atoms with Gasteiger partial charge in [-0.3, -0.25) is 4.79 Å². The van der Waals surface area contributed by atoms with Crippen molar-refractivity contribution in [3.8, 4) is 5.75 Å². The molecule has 150 valence electrons. The highest BCUT2D eigenvalue weighted by Gasteiger charge is 2.09. The number of thioether (sulfide) groups is 1. The Morgan fingerprint density at radius 2 is 1.87 bits per heavy atom. The van der Waals surface area contributed by atoms with Crippen molar-refractivity contribution in [1.29, 1.82) is 0 Å². The van der Waals surface area contributed by atoms with Gasteiger partial charge in [-0.05, 0) is 55.5 Å². The Hall–Kier alpha value is -3.51. The van der Waals surface area contributed by atoms with Gasteiger partial charge < -0.3 is 14.8 Å². The zero-order valence-corrected chi connectivity index (χ0v) is 17.0. The van der Waals surface area contributed by atoms with E-state index in [0.717, 1.165) is 15.8 Å². The van der Waals surface area contributed by atoms with Crippen LogP contribution in [0.4, 0.5) is 5.69 Å². The van der Waals surface area contributed by atoms with Gasteiger partial charge in [-0.1, -0.05) is 23.8 Å². The predicted molar refractivity (Wildman–Crippen MR) is 119 cm³/mol. The van der Waals surface area contributed by atoms with E-state index in [0.29, 0.717) is 28.2 Å². The van der Waals surface area contributed by atoms with Gasteiger partial charge in [0, 0.05) is 38.9 Å². The molecule has 0 bridgehead atoms. The molecule has 3 aromatic carbocycles. The molecule has 5 nitrogen and oxygen atoms in total. The Morgan fingerprint density at radius 1 is 1.03 bits per heavy atom. The summed E-state index contributed by atoms with van der Waals surface area (Å²) in [5, 5.41) is 13.2. The second-order valence-electron chi connectivity index (χ2n) is 6.92. The largest absolute Gasteiger partial charge is 0.508 e. The van der Waals surface area contributed by atoms with Crippen LogP contribution in [0.3, 0.4) is 0 Å². The van der Waals surface area contributed by atoms with E-state index in [9.17, 15) is 14.7 Å². The Balaban J connectivity index is 1.48. The van der Waals surface area contributed by atoms with Gasteiger partial charge in [-0.2, -0.15) is 0 Å². The summed E-state index contributed by atoms with van der Waals surface area (Å²) < 4.78 is 5.31. The van der Waals surface area contributed by atoms with Crippen molar-refractivity contribution in [2.45, 2.75) is 17.6 Å². The minimum atomic E-state index is -0.426. The Morgan fingerprint density at radius 3 is 2.70 bits per heavy atom. The third-order valence-electron chi connectivity index (χ3n) is 4.56. The number of aryl methyl sites for hydroxylation is 1. The van der Waals surface area contributed by atoms with E-state index in [1.54, 1.807) is 24.3 Å². The number of hydrogen-bond donors (Lipinski definition) is 2. The van der Waals surface area contributed by atoms with Crippen molar-refractivity contribution in [2.24, 2.45) is 0 Å². The van der Waals surface area contributed by atoms with Crippen LogP contribution in [0, 0.1) is 6.92 Å². The smallest absolute Gasteiger partial charge is 0.340 e. The molecule has 0 aliphatic rings. The Labute approximate surface area is 177 Å². The van der Waals surface area contributed by atoms with Crippen molar-refractivity contribution in [3.05, 3.63) is 99.9 Å². The van der Waals surface area contributed by atoms with Crippen molar-refractivity contribution < 1.29 is 14.3 Å². The van der Waals surface area contributed by atoms with Gasteiger partial charge in [0.05, 0.1) is 0 Å². The summed E-state index contributed by atoms with van der Waals surface area (Å²) in [7, 11) is 0. The molecule has 4 aromatic rings. The number of rotatable bonds is 5. The van der Waals surface area contributed by atoms with Crippen molar-refractivity contribution >= 4 is 34.3 Å². The number of benzene rings is 3. The highest BCUT2D eigenvalue weighted by molar-refractivity contribution is 7.98. The zero-order chi connectivity index (χ0) is 21.1. The summed E-state index contributed by atoms with van der Waals surface area (Å²) in [4.78, 5) is 25.6. The molecule has 0 fully saturated rings. The summed E-state index contributed by atoms with van der Waals surface area (Å²) in [5.41, 5.74) is 2.78. The van der Waals surface area contributed by atoms with Crippen LogP contribution in [0.5, 0.6) is 5.75 Å². The fraction of sp³-hybridized carbons (Fsp3) is 0.0833. The summed E-state index contributed by atoms with van der Waals surface area (Å²) in [6.07, 6.45) is 0. The number of amides is 1. The third-order valence-corrected chi connectivity index (χ3v) is 5.60. The van der Waals surface area contributed by atoms with E-state index >= 15 is 0 Å². The van der Waals surface area contributed by atoms with Gasteiger partial charge in [0.15, 0.2) is 0 Å². The SMILES string of the molecule is Cc1cccc(C(=O)Nc2cccc(SCc3cc4ccc(O)cc4oc3=O)c2)c1. The van der Waals surface area contributed by atoms with E-state index in [2.05, 4.69) is 5.32 Å². The first-order chi connectivity index (χ1) is 14.5. The fourth-order valence-corrected chi connectivity index (χ4v) is 3.97. The molecule has 6 heteroatoms. The lowest BCUT2D eigenvalue weighted by Crippen LogP contribution is -2.11. The third kappa shape index (κ3) is 4.55. The van der Waals surface area contributed by atoms with Crippen LogP contribution in [-0.2, 0) is 5.75 Å². The van der Waals surface area contributed by atoms with Crippen molar-refractivity contribution in [2.75, 3.05) is 5.32 Å². The van der Waals surface area contributed by atoms with Crippen LogP contribution >= 0.6 is 11.8 Å². The summed E-state index contributed by atoms with van der Waals surface area (Å²) in [6.45, 7) is 1.94. The summed E-state index contributed by atoms with van der Waals surface area (Å²) >= 11 is 1.48. The number of carbonyl (C=O) groups excluding carboxylic acids is 1. The maximum atomic E-state index is 12.5. The highest BCUT2D eigenvalue weighted by atomic mass is 32.2. The number of aromatic hydroxyl groups is 1. The molecule has 4 rings (SSSR count). The molecule has 2 N–H and O–H groups in total. The normalized spacial score (nSPS) is 10.8. The second kappa shape index (κ2) is 8.47. The molecule has 0 unspecified atom stereocenters. The van der Waals surface area contributed by atoms with Crippen LogP contribution in [0.25, 0.3) is 11.0 Å². The lowest BCUT2D eigenvalue weighted by molar-refractivity contribution is 0.102. The van der Waals surface area contributed by atoms with E-state index < -0.39 is 5.63 Å². The number of phenols is 1. The summed E-state index contributed by atoms with van der Waals surface area (Å²) in [5.74, 6) is 0.311. The van der Waals surface area contributed by atoms with Crippen LogP contribution in [0.1, 0.15) is 21.5 Å². The monoisotopic (exact) mass is 417 g/mol. The van der Waals surface area contributed by atoms with Gasteiger partial charge in [0.2, 0.25) is 0 Å². The summed E-state index contributed by atoms with van der Waals surface area (Å²) in [6, 6.07) is 21.4. The van der Waals surface area contributed by atoms with Gasteiger partial charge in [0.25, 0.3) is 5.91 Å². The number of nitrogens with one attached hydrogen (secondary N) is 1. The number of fused-ring (bicyclic) bond motifs is 1. The topological polar surface area (TPSA) is 79.5 Å². The maximum Gasteiger partial charge on any atom is 0.340 e. The molecular weight excluding hydrogens is 398 g/mol. The number of hydrogen-bond acceptors (Lipinski definition) is 5. The lowest BCUT2D eigenvalue weighted by atomic mass is 10.1. The van der Waals surface area contributed by atoms with Crippen molar-refractivity contribution in [1.82, 2.24) is 0 Å². The molecule has 0 radical (unpaired) electrons. The molecule has 0 spiro atoms. The van der Waals surface area contributed by atoms with Crippen LogP contribution in [-0.4, -0.2) is 11.0 Å². The van der Waals surface area contributed by atoms with E-state index in [4.69, 9.17) is 4.42 Å². The molecule has 0 saturated heterocycles. The standard InChI is InChI=1S/C24H19NO4S/c1-15-4-2-5-17(10-15)23(27)25-19-6-3-7-21(12-19)30-14-18-11-16-8-9-20(26)13-22(16)29-24(18)28/h2-13,26H,14H2,1H3,(H,25,27). The first-order valence-electron chi connectivity index (χ1n) is 9.34. The van der Waals surface area contributed by atoms with Gasteiger partial charge in [-0.25, -0.2) is 4.79 Å². The van der Waals surface area contributed by atoms with E-state index in [-0.39, 0.29) is 11.7 Å². The van der Waals surface area contributed by atoms with E-state index in [1.165, 1.54) is 17.8 Å². The molecule has 1 heterocycles. The molecule has 0 aliphatic heterocycles. The van der Waals surface area contributed by atoms with Gasteiger partial charge in [0.1, 0.15) is 11.3 Å². The lowest BCUT2D eigenvalue weighted by Gasteiger charge is -2.08. The quantitative estimate of drug-likeness (QED) is 0.338. The minimum Gasteiger partial charge on any atom is -0.508 e. The first-order valence-corrected chi connectivity index (χ1v) is 10.3. The first kappa shape index (κ1) is 19.8. The highest BCUT2D eigenvalue weighted by Crippen LogP contribution is 2.26. The fourth-order valence-electron chi connectivity index (χ4n) is 3.06. The predicted octanol–water partition coefficient (Wildman–Crippen LogP) is 5.35. The maximum absolute atomic E-state index is 12.5. The number of carbonyl (C=O) groups is 1.